The standard InChI is InChI=1S/C12H13ClN4/c1-8-3-4-10(6-14-8)7-15-12-5-11(13)16-9(2)17-12/h3-6H,7H2,1-2H3,(H,15,16,17). The maximum atomic E-state index is 5.85. The van der Waals surface area contributed by atoms with E-state index >= 15 is 0 Å². The van der Waals surface area contributed by atoms with Crippen molar-refractivity contribution >= 4 is 17.4 Å². The predicted octanol–water partition coefficient (Wildman–Crippen LogP) is 2.75. The number of nitrogens with one attached hydrogen (secondary N) is 1. The number of aryl methyl sites for hydroxylation is 2. The van der Waals surface area contributed by atoms with Gasteiger partial charge in [0.25, 0.3) is 0 Å². The van der Waals surface area contributed by atoms with Gasteiger partial charge in [0, 0.05) is 24.5 Å². The molecule has 1 N–H and O–H groups in total. The molecule has 0 aliphatic heterocycles. The van der Waals surface area contributed by atoms with Crippen LogP contribution in [0.25, 0.3) is 0 Å². The molecule has 17 heavy (non-hydrogen) atoms. The van der Waals surface area contributed by atoms with Gasteiger partial charge >= 0.3 is 0 Å². The fraction of sp³-hybridized carbons (Fsp3) is 0.250. The molecule has 0 unspecified atom stereocenters. The third-order valence-corrected chi connectivity index (χ3v) is 2.45. The summed E-state index contributed by atoms with van der Waals surface area (Å²) in [5.41, 5.74) is 2.11. The summed E-state index contributed by atoms with van der Waals surface area (Å²) in [5.74, 6) is 1.38. The third kappa shape index (κ3) is 3.39. The first-order valence-electron chi connectivity index (χ1n) is 5.30. The largest absolute Gasteiger partial charge is 0.366 e. The van der Waals surface area contributed by atoms with Crippen LogP contribution in [0.1, 0.15) is 17.1 Å². The van der Waals surface area contributed by atoms with Crippen molar-refractivity contribution < 1.29 is 0 Å². The van der Waals surface area contributed by atoms with Crippen LogP contribution in [-0.4, -0.2) is 15.0 Å². The second-order valence-electron chi connectivity index (χ2n) is 3.78. The molecule has 0 bridgehead atoms. The first kappa shape index (κ1) is 11.8. The van der Waals surface area contributed by atoms with Gasteiger partial charge in [0.15, 0.2) is 0 Å². The molecule has 4 nitrogen and oxygen atoms in total. The first-order valence-corrected chi connectivity index (χ1v) is 5.68. The van der Waals surface area contributed by atoms with E-state index in [4.69, 9.17) is 11.6 Å². The average Bonchev–Trinajstić information content (AvgIpc) is 2.27. The van der Waals surface area contributed by atoms with Crippen LogP contribution >= 0.6 is 11.6 Å². The zero-order valence-electron chi connectivity index (χ0n) is 9.74. The Morgan fingerprint density at radius 3 is 2.71 bits per heavy atom. The highest BCUT2D eigenvalue weighted by Crippen LogP contribution is 2.12. The summed E-state index contributed by atoms with van der Waals surface area (Å²) >= 11 is 5.85. The van der Waals surface area contributed by atoms with Gasteiger partial charge in [-0.15, -0.1) is 0 Å². The van der Waals surface area contributed by atoms with Crippen molar-refractivity contribution in [2.24, 2.45) is 0 Å². The van der Waals surface area contributed by atoms with Crippen LogP contribution in [-0.2, 0) is 6.54 Å². The van der Waals surface area contributed by atoms with Crippen molar-refractivity contribution in [3.8, 4) is 0 Å². The summed E-state index contributed by atoms with van der Waals surface area (Å²) in [6.45, 7) is 4.44. The van der Waals surface area contributed by atoms with Crippen molar-refractivity contribution in [3.05, 3.63) is 46.6 Å². The molecular formula is C12H13ClN4. The molecule has 88 valence electrons. The molecule has 0 aliphatic carbocycles. The molecule has 0 spiro atoms. The second-order valence-corrected chi connectivity index (χ2v) is 4.17. The van der Waals surface area contributed by atoms with Crippen LogP contribution in [0.4, 0.5) is 5.82 Å². The second kappa shape index (κ2) is 5.10. The minimum absolute atomic E-state index is 0.446. The van der Waals surface area contributed by atoms with E-state index in [1.54, 1.807) is 6.07 Å². The van der Waals surface area contributed by atoms with Gasteiger partial charge in [-0.05, 0) is 25.5 Å². The Balaban J connectivity index is 2.04. The maximum Gasteiger partial charge on any atom is 0.134 e. The van der Waals surface area contributed by atoms with Crippen molar-refractivity contribution in [1.82, 2.24) is 15.0 Å². The maximum absolute atomic E-state index is 5.85. The van der Waals surface area contributed by atoms with E-state index in [1.807, 2.05) is 32.2 Å². The molecule has 0 saturated heterocycles. The Morgan fingerprint density at radius 1 is 1.24 bits per heavy atom. The highest BCUT2D eigenvalue weighted by atomic mass is 35.5. The molecule has 0 atom stereocenters. The number of pyridine rings is 1. The van der Waals surface area contributed by atoms with Crippen molar-refractivity contribution in [3.63, 3.8) is 0 Å². The lowest BCUT2D eigenvalue weighted by atomic mass is 10.2. The average molecular weight is 249 g/mol. The predicted molar refractivity (Wildman–Crippen MR) is 68.1 cm³/mol. The summed E-state index contributed by atoms with van der Waals surface area (Å²) < 4.78 is 0. The van der Waals surface area contributed by atoms with Crippen molar-refractivity contribution in [2.45, 2.75) is 20.4 Å². The smallest absolute Gasteiger partial charge is 0.134 e. The molecule has 2 aromatic heterocycles. The number of halogens is 1. The number of rotatable bonds is 3. The Labute approximate surface area is 105 Å². The Kier molecular flexibility index (Phi) is 3.54. The van der Waals surface area contributed by atoms with Crippen LogP contribution in [0, 0.1) is 13.8 Å². The first-order chi connectivity index (χ1) is 8.13. The van der Waals surface area contributed by atoms with Gasteiger partial charge in [-0.1, -0.05) is 17.7 Å². The highest BCUT2D eigenvalue weighted by molar-refractivity contribution is 6.29. The fourth-order valence-corrected chi connectivity index (χ4v) is 1.64. The molecule has 5 heteroatoms. The minimum Gasteiger partial charge on any atom is -0.366 e. The zero-order valence-corrected chi connectivity index (χ0v) is 10.5. The van der Waals surface area contributed by atoms with Gasteiger partial charge in [-0.2, -0.15) is 0 Å². The molecule has 0 aromatic carbocycles. The monoisotopic (exact) mass is 248 g/mol. The van der Waals surface area contributed by atoms with Crippen LogP contribution in [0.15, 0.2) is 24.4 Å². The summed E-state index contributed by atoms with van der Waals surface area (Å²) in [7, 11) is 0. The zero-order chi connectivity index (χ0) is 12.3. The van der Waals surface area contributed by atoms with E-state index < -0.39 is 0 Å². The van der Waals surface area contributed by atoms with E-state index in [0.29, 0.717) is 17.5 Å². The number of anilines is 1. The van der Waals surface area contributed by atoms with E-state index in [0.717, 1.165) is 17.1 Å². The summed E-state index contributed by atoms with van der Waals surface area (Å²) in [4.78, 5) is 12.5. The van der Waals surface area contributed by atoms with Crippen molar-refractivity contribution in [1.29, 1.82) is 0 Å². The molecule has 0 fully saturated rings. The van der Waals surface area contributed by atoms with Crippen LogP contribution < -0.4 is 5.32 Å². The SMILES string of the molecule is Cc1ccc(CNc2cc(Cl)nc(C)n2)cn1. The summed E-state index contributed by atoms with van der Waals surface area (Å²) in [6, 6.07) is 5.72. The number of hydrogen-bond acceptors (Lipinski definition) is 4. The van der Waals surface area contributed by atoms with Gasteiger partial charge in [0.05, 0.1) is 0 Å². The quantitative estimate of drug-likeness (QED) is 0.849. The molecule has 0 amide bonds. The lowest BCUT2D eigenvalue weighted by molar-refractivity contribution is 1.01. The molecule has 2 rings (SSSR count). The number of hydrogen-bond donors (Lipinski definition) is 1. The van der Waals surface area contributed by atoms with E-state index in [2.05, 4.69) is 20.3 Å². The number of aromatic nitrogens is 3. The Morgan fingerprint density at radius 2 is 2.06 bits per heavy atom. The van der Waals surface area contributed by atoms with E-state index in [-0.39, 0.29) is 0 Å². The molecule has 0 saturated carbocycles. The molecule has 2 aromatic rings. The van der Waals surface area contributed by atoms with E-state index in [1.165, 1.54) is 0 Å². The molecule has 0 radical (unpaired) electrons. The van der Waals surface area contributed by atoms with E-state index in [9.17, 15) is 0 Å². The Bertz CT molecular complexity index is 490. The topological polar surface area (TPSA) is 50.7 Å². The number of nitrogens with zero attached hydrogens (tertiary/aromatic N) is 3. The minimum atomic E-state index is 0.446. The summed E-state index contributed by atoms with van der Waals surface area (Å²) in [5, 5.41) is 3.63. The molecular weight excluding hydrogens is 236 g/mol. The van der Waals surface area contributed by atoms with Crippen LogP contribution in [0.3, 0.4) is 0 Å². The molecule has 2 heterocycles. The fourth-order valence-electron chi connectivity index (χ4n) is 1.42. The van der Waals surface area contributed by atoms with Gasteiger partial charge in [-0.3, -0.25) is 4.98 Å². The lowest BCUT2D eigenvalue weighted by Gasteiger charge is -2.06. The highest BCUT2D eigenvalue weighted by Gasteiger charge is 2.00. The summed E-state index contributed by atoms with van der Waals surface area (Å²) in [6.07, 6.45) is 1.85. The normalized spacial score (nSPS) is 10.3. The third-order valence-electron chi connectivity index (χ3n) is 2.25. The van der Waals surface area contributed by atoms with Gasteiger partial charge in [0.2, 0.25) is 0 Å². The van der Waals surface area contributed by atoms with Gasteiger partial charge < -0.3 is 5.32 Å². The molecule has 0 aliphatic rings. The van der Waals surface area contributed by atoms with Crippen LogP contribution in [0.2, 0.25) is 5.15 Å². The Hall–Kier alpha value is -1.68. The van der Waals surface area contributed by atoms with Crippen molar-refractivity contribution in [2.75, 3.05) is 5.32 Å². The van der Waals surface area contributed by atoms with Gasteiger partial charge in [0.1, 0.15) is 16.8 Å². The van der Waals surface area contributed by atoms with Gasteiger partial charge in [-0.25, -0.2) is 9.97 Å². The lowest BCUT2D eigenvalue weighted by Crippen LogP contribution is -2.03. The van der Waals surface area contributed by atoms with Crippen LogP contribution in [0.5, 0.6) is 0 Å².